The molecule has 1 N–H and O–H groups in total. The predicted octanol–water partition coefficient (Wildman–Crippen LogP) is 2.85. The van der Waals surface area contributed by atoms with Gasteiger partial charge in [0, 0.05) is 40.1 Å². The van der Waals surface area contributed by atoms with Crippen molar-refractivity contribution in [2.75, 3.05) is 33.1 Å². The highest BCUT2D eigenvalue weighted by Crippen LogP contribution is 2.39. The third-order valence-corrected chi connectivity index (χ3v) is 6.59. The SMILES string of the molecule is CCCCNc1cc(C(=O)OC)cc(S(=O)(=O)/N=C/N(C)C)c1Sc1nccn1C. The molecule has 0 radical (unpaired) electrons. The van der Waals surface area contributed by atoms with Crippen molar-refractivity contribution in [3.8, 4) is 0 Å². The number of rotatable bonds is 10. The van der Waals surface area contributed by atoms with Crippen LogP contribution in [0.5, 0.6) is 0 Å². The predicted molar refractivity (Wildman–Crippen MR) is 118 cm³/mol. The average Bonchev–Trinajstić information content (AvgIpc) is 3.11. The summed E-state index contributed by atoms with van der Waals surface area (Å²) in [5.74, 6) is -0.630. The topological polar surface area (TPSA) is 106 Å². The maximum absolute atomic E-state index is 13.1. The van der Waals surface area contributed by atoms with Crippen LogP contribution in [-0.4, -0.2) is 62.9 Å². The van der Waals surface area contributed by atoms with E-state index in [1.54, 1.807) is 37.1 Å². The van der Waals surface area contributed by atoms with Crippen LogP contribution in [0, 0.1) is 0 Å². The minimum Gasteiger partial charge on any atom is -0.465 e. The van der Waals surface area contributed by atoms with Gasteiger partial charge in [0.1, 0.15) is 11.2 Å². The second-order valence-corrected chi connectivity index (χ2v) is 9.28. The molecule has 1 aromatic heterocycles. The Hall–Kier alpha value is -2.53. The second-order valence-electron chi connectivity index (χ2n) is 6.71. The number of carbonyl (C=O) groups is 1. The lowest BCUT2D eigenvalue weighted by molar-refractivity contribution is 0.0600. The zero-order chi connectivity index (χ0) is 22.3. The molecule has 0 fully saturated rings. The van der Waals surface area contributed by atoms with E-state index in [4.69, 9.17) is 4.74 Å². The number of carbonyl (C=O) groups excluding carboxylic acids is 1. The Morgan fingerprint density at radius 2 is 2.13 bits per heavy atom. The molecule has 11 heteroatoms. The molecule has 0 saturated carbocycles. The normalized spacial score (nSPS) is 11.6. The number of methoxy groups -OCH3 is 1. The van der Waals surface area contributed by atoms with E-state index in [2.05, 4.69) is 21.6 Å². The van der Waals surface area contributed by atoms with Gasteiger partial charge in [0.05, 0.1) is 23.3 Å². The molecule has 0 unspecified atom stereocenters. The lowest BCUT2D eigenvalue weighted by atomic mass is 10.2. The number of unbranched alkanes of at least 4 members (excludes halogenated alkanes) is 1. The van der Waals surface area contributed by atoms with Gasteiger partial charge in [-0.1, -0.05) is 13.3 Å². The third kappa shape index (κ3) is 5.99. The molecule has 0 spiro atoms. The van der Waals surface area contributed by atoms with Crippen molar-refractivity contribution < 1.29 is 17.9 Å². The summed E-state index contributed by atoms with van der Waals surface area (Å²) in [5, 5.41) is 3.85. The van der Waals surface area contributed by atoms with E-state index in [-0.39, 0.29) is 10.5 Å². The number of hydrogen-bond acceptors (Lipinski definition) is 7. The average molecular weight is 454 g/mol. The van der Waals surface area contributed by atoms with E-state index in [1.807, 2.05) is 7.05 Å². The molecule has 0 aliphatic carbocycles. The molecule has 0 aliphatic heterocycles. The van der Waals surface area contributed by atoms with Crippen molar-refractivity contribution >= 4 is 39.8 Å². The zero-order valence-corrected chi connectivity index (χ0v) is 19.4. The fourth-order valence-electron chi connectivity index (χ4n) is 2.42. The van der Waals surface area contributed by atoms with E-state index >= 15 is 0 Å². The van der Waals surface area contributed by atoms with Gasteiger partial charge in [-0.3, -0.25) is 0 Å². The molecule has 9 nitrogen and oxygen atoms in total. The highest BCUT2D eigenvalue weighted by Gasteiger charge is 2.25. The molecule has 1 aromatic carbocycles. The van der Waals surface area contributed by atoms with Crippen LogP contribution in [0.4, 0.5) is 5.69 Å². The smallest absolute Gasteiger partial charge is 0.337 e. The van der Waals surface area contributed by atoms with Gasteiger partial charge >= 0.3 is 5.97 Å². The van der Waals surface area contributed by atoms with Crippen molar-refractivity contribution in [1.29, 1.82) is 0 Å². The number of aromatic nitrogens is 2. The van der Waals surface area contributed by atoms with Crippen LogP contribution in [0.2, 0.25) is 0 Å². The van der Waals surface area contributed by atoms with Gasteiger partial charge in [0.2, 0.25) is 0 Å². The summed E-state index contributed by atoms with van der Waals surface area (Å²) in [6.07, 6.45) is 6.46. The molecule has 2 aromatic rings. The highest BCUT2D eigenvalue weighted by molar-refractivity contribution is 8.00. The standard InChI is InChI=1S/C19H27N5O4S2/c1-6-7-8-20-15-11-14(18(25)28-5)12-16(30(26,27)22-13-23(2)3)17(15)29-19-21-9-10-24(19)4/h9-13,20H,6-8H2,1-5H3/b22-13+. The van der Waals surface area contributed by atoms with Crippen molar-refractivity contribution in [2.45, 2.75) is 34.7 Å². The van der Waals surface area contributed by atoms with Crippen LogP contribution < -0.4 is 5.32 Å². The highest BCUT2D eigenvalue weighted by atomic mass is 32.2. The molecular weight excluding hydrogens is 426 g/mol. The van der Waals surface area contributed by atoms with E-state index < -0.39 is 16.0 Å². The first kappa shape index (κ1) is 23.7. The molecule has 30 heavy (non-hydrogen) atoms. The summed E-state index contributed by atoms with van der Waals surface area (Å²) in [4.78, 5) is 18.3. The number of anilines is 1. The fraction of sp³-hybridized carbons (Fsp3) is 0.421. The summed E-state index contributed by atoms with van der Waals surface area (Å²) in [7, 11) is 2.32. The van der Waals surface area contributed by atoms with Crippen LogP contribution in [-0.2, 0) is 21.8 Å². The monoisotopic (exact) mass is 453 g/mol. The number of benzene rings is 1. The molecule has 1 heterocycles. The number of ether oxygens (including phenoxy) is 1. The van der Waals surface area contributed by atoms with Gasteiger partial charge in [-0.25, -0.2) is 9.78 Å². The molecule has 0 amide bonds. The summed E-state index contributed by atoms with van der Waals surface area (Å²) in [6.45, 7) is 2.68. The van der Waals surface area contributed by atoms with E-state index in [0.29, 0.717) is 22.3 Å². The lowest BCUT2D eigenvalue weighted by Crippen LogP contribution is -2.13. The molecule has 164 valence electrons. The van der Waals surface area contributed by atoms with Gasteiger partial charge in [-0.2, -0.15) is 8.42 Å². The van der Waals surface area contributed by atoms with Gasteiger partial charge < -0.3 is 19.5 Å². The van der Waals surface area contributed by atoms with Crippen molar-refractivity contribution in [1.82, 2.24) is 14.5 Å². The van der Waals surface area contributed by atoms with E-state index in [1.165, 1.54) is 36.2 Å². The lowest BCUT2D eigenvalue weighted by Gasteiger charge is -2.16. The summed E-state index contributed by atoms with van der Waals surface area (Å²) < 4.78 is 36.5. The number of nitrogens with zero attached hydrogens (tertiary/aromatic N) is 4. The van der Waals surface area contributed by atoms with Crippen LogP contribution in [0.1, 0.15) is 30.1 Å². The Balaban J connectivity index is 2.71. The number of aryl methyl sites for hydroxylation is 1. The Morgan fingerprint density at radius 3 is 2.70 bits per heavy atom. The largest absolute Gasteiger partial charge is 0.465 e. The first-order chi connectivity index (χ1) is 14.2. The summed E-state index contributed by atoms with van der Waals surface area (Å²) in [5.41, 5.74) is 0.636. The van der Waals surface area contributed by atoms with Crippen LogP contribution in [0.25, 0.3) is 0 Å². The molecule has 0 aliphatic rings. The van der Waals surface area contributed by atoms with Gasteiger partial charge in [-0.15, -0.1) is 4.40 Å². The fourth-order valence-corrected chi connectivity index (χ4v) is 4.81. The van der Waals surface area contributed by atoms with Crippen molar-refractivity contribution in [3.05, 3.63) is 30.1 Å². The van der Waals surface area contributed by atoms with Crippen molar-refractivity contribution in [3.63, 3.8) is 0 Å². The molecule has 0 atom stereocenters. The molecule has 0 bridgehead atoms. The molecule has 2 rings (SSSR count). The third-order valence-electron chi connectivity index (χ3n) is 3.99. The van der Waals surface area contributed by atoms with Crippen LogP contribution >= 0.6 is 11.8 Å². The number of sulfonamides is 1. The minimum absolute atomic E-state index is 0.0875. The molecular formula is C19H27N5O4S2. The Labute approximate surface area is 181 Å². The number of nitrogens with one attached hydrogen (secondary N) is 1. The number of hydrogen-bond donors (Lipinski definition) is 1. The number of esters is 1. The van der Waals surface area contributed by atoms with Crippen LogP contribution in [0.3, 0.4) is 0 Å². The van der Waals surface area contributed by atoms with Crippen LogP contribution in [0.15, 0.2) is 43.9 Å². The first-order valence-corrected chi connectivity index (χ1v) is 11.6. The maximum atomic E-state index is 13.1. The van der Waals surface area contributed by atoms with Gasteiger partial charge in [0.25, 0.3) is 10.0 Å². The first-order valence-electron chi connectivity index (χ1n) is 9.32. The quantitative estimate of drug-likeness (QED) is 0.253. The van der Waals surface area contributed by atoms with Crippen molar-refractivity contribution in [2.24, 2.45) is 11.4 Å². The van der Waals surface area contributed by atoms with E-state index in [0.717, 1.165) is 12.8 Å². The Morgan fingerprint density at radius 1 is 1.40 bits per heavy atom. The van der Waals surface area contributed by atoms with E-state index in [9.17, 15) is 13.2 Å². The minimum atomic E-state index is -4.10. The molecule has 0 saturated heterocycles. The summed E-state index contributed by atoms with van der Waals surface area (Å²) >= 11 is 1.19. The van der Waals surface area contributed by atoms with Gasteiger partial charge in [-0.05, 0) is 30.3 Å². The zero-order valence-electron chi connectivity index (χ0n) is 17.7. The van der Waals surface area contributed by atoms with Gasteiger partial charge in [0.15, 0.2) is 5.16 Å². The second kappa shape index (κ2) is 10.5. The Kier molecular flexibility index (Phi) is 8.30. The summed E-state index contributed by atoms with van der Waals surface area (Å²) in [6, 6.07) is 2.89. The number of imidazole rings is 1. The maximum Gasteiger partial charge on any atom is 0.337 e. The Bertz CT molecular complexity index is 1020.